The summed E-state index contributed by atoms with van der Waals surface area (Å²) in [5.41, 5.74) is 1.07. The Bertz CT molecular complexity index is 431. The molecule has 0 saturated carbocycles. The molecule has 1 aromatic carbocycles. The SMILES string of the molecule is CNCC(O)C(O)c1ccccc1/C=C/C(=O)O. The van der Waals surface area contributed by atoms with Crippen LogP contribution in [-0.4, -0.2) is 41.0 Å². The minimum absolute atomic E-state index is 0.248. The van der Waals surface area contributed by atoms with Crippen molar-refractivity contribution in [2.75, 3.05) is 13.6 Å². The molecule has 0 amide bonds. The zero-order valence-electron chi connectivity index (χ0n) is 10.1. The van der Waals surface area contributed by atoms with Crippen LogP contribution in [0, 0.1) is 0 Å². The van der Waals surface area contributed by atoms with E-state index in [0.717, 1.165) is 6.08 Å². The molecule has 0 aliphatic heterocycles. The van der Waals surface area contributed by atoms with Crippen molar-refractivity contribution in [3.8, 4) is 0 Å². The predicted octanol–water partition coefficient (Wildman–Crippen LogP) is 0.398. The Balaban J connectivity index is 2.97. The Labute approximate surface area is 105 Å². The molecule has 0 bridgehead atoms. The lowest BCUT2D eigenvalue weighted by molar-refractivity contribution is -0.131. The molecule has 98 valence electrons. The highest BCUT2D eigenvalue weighted by molar-refractivity contribution is 5.85. The summed E-state index contributed by atoms with van der Waals surface area (Å²) in [6.45, 7) is 0.248. The zero-order valence-corrected chi connectivity index (χ0v) is 10.1. The first-order valence-corrected chi connectivity index (χ1v) is 5.57. The van der Waals surface area contributed by atoms with Crippen LogP contribution in [0.15, 0.2) is 30.3 Å². The van der Waals surface area contributed by atoms with E-state index in [-0.39, 0.29) is 6.54 Å². The van der Waals surface area contributed by atoms with Gasteiger partial charge in [-0.2, -0.15) is 0 Å². The van der Waals surface area contributed by atoms with Gasteiger partial charge in [-0.05, 0) is 24.3 Å². The van der Waals surface area contributed by atoms with Gasteiger partial charge in [-0.1, -0.05) is 24.3 Å². The second kappa shape index (κ2) is 6.90. The maximum absolute atomic E-state index is 10.5. The number of aliphatic carboxylic acids is 1. The summed E-state index contributed by atoms with van der Waals surface area (Å²) >= 11 is 0. The number of carbonyl (C=O) groups is 1. The Morgan fingerprint density at radius 3 is 2.67 bits per heavy atom. The van der Waals surface area contributed by atoms with Crippen LogP contribution in [-0.2, 0) is 4.79 Å². The number of hydrogen-bond acceptors (Lipinski definition) is 4. The molecule has 0 fully saturated rings. The van der Waals surface area contributed by atoms with Gasteiger partial charge in [0.25, 0.3) is 0 Å². The molecule has 0 radical (unpaired) electrons. The largest absolute Gasteiger partial charge is 0.478 e. The molecule has 0 spiro atoms. The van der Waals surface area contributed by atoms with Gasteiger partial charge < -0.3 is 20.6 Å². The first-order chi connectivity index (χ1) is 8.56. The maximum atomic E-state index is 10.5. The van der Waals surface area contributed by atoms with Crippen molar-refractivity contribution in [2.45, 2.75) is 12.2 Å². The van der Waals surface area contributed by atoms with Crippen LogP contribution in [0.3, 0.4) is 0 Å². The number of aliphatic hydroxyl groups excluding tert-OH is 2. The Hall–Kier alpha value is -1.69. The van der Waals surface area contributed by atoms with Crippen LogP contribution in [0.2, 0.25) is 0 Å². The van der Waals surface area contributed by atoms with Gasteiger partial charge >= 0.3 is 5.97 Å². The number of rotatable bonds is 6. The van der Waals surface area contributed by atoms with E-state index in [2.05, 4.69) is 5.32 Å². The molecule has 2 atom stereocenters. The zero-order chi connectivity index (χ0) is 13.5. The lowest BCUT2D eigenvalue weighted by Gasteiger charge is -2.19. The van der Waals surface area contributed by atoms with Gasteiger partial charge in [0, 0.05) is 12.6 Å². The molecule has 18 heavy (non-hydrogen) atoms. The summed E-state index contributed by atoms with van der Waals surface area (Å²) in [6.07, 6.45) is 0.379. The van der Waals surface area contributed by atoms with Gasteiger partial charge in [-0.3, -0.25) is 0 Å². The number of benzene rings is 1. The van der Waals surface area contributed by atoms with Crippen molar-refractivity contribution in [3.63, 3.8) is 0 Å². The lowest BCUT2D eigenvalue weighted by Crippen LogP contribution is -2.29. The van der Waals surface area contributed by atoms with Gasteiger partial charge in [0.1, 0.15) is 6.10 Å². The predicted molar refractivity (Wildman–Crippen MR) is 68.0 cm³/mol. The van der Waals surface area contributed by atoms with Gasteiger partial charge in [-0.25, -0.2) is 4.79 Å². The summed E-state index contributed by atoms with van der Waals surface area (Å²) in [4.78, 5) is 10.5. The van der Waals surface area contributed by atoms with Crippen molar-refractivity contribution in [1.82, 2.24) is 5.32 Å². The van der Waals surface area contributed by atoms with Gasteiger partial charge in [0.2, 0.25) is 0 Å². The highest BCUT2D eigenvalue weighted by Crippen LogP contribution is 2.22. The number of carboxylic acid groups (broad SMARTS) is 1. The molecule has 0 saturated heterocycles. The fourth-order valence-corrected chi connectivity index (χ4v) is 1.62. The molecule has 0 heterocycles. The first-order valence-electron chi connectivity index (χ1n) is 5.57. The highest BCUT2D eigenvalue weighted by atomic mass is 16.4. The fourth-order valence-electron chi connectivity index (χ4n) is 1.62. The van der Waals surface area contributed by atoms with Crippen LogP contribution >= 0.6 is 0 Å². The molecule has 0 aliphatic rings. The maximum Gasteiger partial charge on any atom is 0.328 e. The highest BCUT2D eigenvalue weighted by Gasteiger charge is 2.19. The lowest BCUT2D eigenvalue weighted by atomic mass is 9.98. The molecule has 1 aromatic rings. The Morgan fingerprint density at radius 1 is 1.39 bits per heavy atom. The minimum Gasteiger partial charge on any atom is -0.478 e. The molecule has 0 aromatic heterocycles. The summed E-state index contributed by atoms with van der Waals surface area (Å²) in [5.74, 6) is -1.06. The molecule has 4 N–H and O–H groups in total. The Kier molecular flexibility index (Phi) is 5.51. The standard InChI is InChI=1S/C13H17NO4/c1-14-8-11(15)13(18)10-5-3-2-4-9(10)6-7-12(16)17/h2-7,11,13-15,18H,8H2,1H3,(H,16,17)/b7-6+. The minimum atomic E-state index is -1.06. The van der Waals surface area contributed by atoms with E-state index < -0.39 is 18.2 Å². The summed E-state index contributed by atoms with van der Waals surface area (Å²) in [6, 6.07) is 6.81. The first kappa shape index (κ1) is 14.4. The third-order valence-corrected chi connectivity index (χ3v) is 2.50. The number of nitrogens with one attached hydrogen (secondary N) is 1. The fraction of sp³-hybridized carbons (Fsp3) is 0.308. The van der Waals surface area contributed by atoms with Crippen LogP contribution in [0.4, 0.5) is 0 Å². The van der Waals surface area contributed by atoms with E-state index in [9.17, 15) is 15.0 Å². The molecule has 1 rings (SSSR count). The van der Waals surface area contributed by atoms with E-state index in [1.165, 1.54) is 6.08 Å². The molecular formula is C13H17NO4. The molecule has 0 aliphatic carbocycles. The Morgan fingerprint density at radius 2 is 2.06 bits per heavy atom. The summed E-state index contributed by atoms with van der Waals surface area (Å²) < 4.78 is 0. The molecule has 5 nitrogen and oxygen atoms in total. The number of carboxylic acids is 1. The second-order valence-electron chi connectivity index (χ2n) is 3.87. The average molecular weight is 251 g/mol. The molecule has 5 heteroatoms. The van der Waals surface area contributed by atoms with Crippen molar-refractivity contribution < 1.29 is 20.1 Å². The summed E-state index contributed by atoms with van der Waals surface area (Å²) in [7, 11) is 1.67. The topological polar surface area (TPSA) is 89.8 Å². The van der Waals surface area contributed by atoms with Crippen LogP contribution in [0.25, 0.3) is 6.08 Å². The van der Waals surface area contributed by atoms with Crippen LogP contribution in [0.5, 0.6) is 0 Å². The van der Waals surface area contributed by atoms with Crippen molar-refractivity contribution in [2.24, 2.45) is 0 Å². The van der Waals surface area contributed by atoms with Crippen LogP contribution in [0.1, 0.15) is 17.2 Å². The smallest absolute Gasteiger partial charge is 0.328 e. The number of aliphatic hydroxyl groups is 2. The van der Waals surface area contributed by atoms with E-state index in [1.807, 2.05) is 0 Å². The third-order valence-electron chi connectivity index (χ3n) is 2.50. The number of hydrogen-bond donors (Lipinski definition) is 4. The van der Waals surface area contributed by atoms with Gasteiger partial charge in [-0.15, -0.1) is 0 Å². The summed E-state index contributed by atoms with van der Waals surface area (Å²) in [5, 5.41) is 31.1. The van der Waals surface area contributed by atoms with Crippen molar-refractivity contribution in [1.29, 1.82) is 0 Å². The third kappa shape index (κ3) is 3.96. The quantitative estimate of drug-likeness (QED) is 0.549. The van der Waals surface area contributed by atoms with E-state index in [4.69, 9.17) is 5.11 Å². The molecule has 2 unspecified atom stereocenters. The monoisotopic (exact) mass is 251 g/mol. The number of likely N-dealkylation sites (N-methyl/N-ethyl adjacent to an activating group) is 1. The van der Waals surface area contributed by atoms with Crippen molar-refractivity contribution in [3.05, 3.63) is 41.5 Å². The van der Waals surface area contributed by atoms with Gasteiger partial charge in [0.15, 0.2) is 0 Å². The molecular weight excluding hydrogens is 234 g/mol. The normalized spacial score (nSPS) is 14.6. The van der Waals surface area contributed by atoms with E-state index >= 15 is 0 Å². The second-order valence-corrected chi connectivity index (χ2v) is 3.87. The van der Waals surface area contributed by atoms with E-state index in [0.29, 0.717) is 11.1 Å². The van der Waals surface area contributed by atoms with Crippen molar-refractivity contribution >= 4 is 12.0 Å². The van der Waals surface area contributed by atoms with Gasteiger partial charge in [0.05, 0.1) is 6.10 Å². The van der Waals surface area contributed by atoms with E-state index in [1.54, 1.807) is 31.3 Å². The average Bonchev–Trinajstić information content (AvgIpc) is 2.36. The van der Waals surface area contributed by atoms with Crippen LogP contribution < -0.4 is 5.32 Å².